The molecule has 98 valence electrons. The molecule has 1 aliphatic carbocycles. The molecule has 0 bridgehead atoms. The molecule has 0 aliphatic heterocycles. The Morgan fingerprint density at radius 2 is 1.89 bits per heavy atom. The van der Waals surface area contributed by atoms with Gasteiger partial charge in [-0.1, -0.05) is 32.0 Å². The third-order valence-electron chi connectivity index (χ3n) is 4.19. The Bertz CT molecular complexity index is 448. The third-order valence-corrected chi connectivity index (χ3v) is 4.19. The van der Waals surface area contributed by atoms with Crippen LogP contribution in [0.5, 0.6) is 0 Å². The quantitative estimate of drug-likeness (QED) is 0.765. The Morgan fingerprint density at radius 1 is 1.22 bits per heavy atom. The summed E-state index contributed by atoms with van der Waals surface area (Å²) >= 11 is 0. The number of esters is 1. The molecule has 2 nitrogen and oxygen atoms in total. The van der Waals surface area contributed by atoms with E-state index >= 15 is 0 Å². The van der Waals surface area contributed by atoms with Crippen molar-refractivity contribution in [3.05, 3.63) is 34.9 Å². The normalized spacial score (nSPS) is 19.7. The van der Waals surface area contributed by atoms with E-state index < -0.39 is 0 Å². The minimum Gasteiger partial charge on any atom is -0.469 e. The molecule has 1 aromatic carbocycles. The second-order valence-electron chi connectivity index (χ2n) is 5.69. The Hall–Kier alpha value is -1.31. The molecule has 0 N–H and O–H groups in total. The highest BCUT2D eigenvalue weighted by Gasteiger charge is 2.25. The summed E-state index contributed by atoms with van der Waals surface area (Å²) in [7, 11) is 1.45. The molecular formula is C16H22O2. The molecule has 18 heavy (non-hydrogen) atoms. The van der Waals surface area contributed by atoms with Crippen LogP contribution >= 0.6 is 0 Å². The minimum atomic E-state index is -0.168. The predicted molar refractivity (Wildman–Crippen MR) is 72.6 cm³/mol. The molecule has 1 aromatic rings. The number of rotatable bonds is 3. The standard InChI is InChI=1S/C16H22O2/c1-10(2)14-8-13-6-5-12(7-15(13)9-14)11(3)16(17)18-4/h5-7,10-11,14H,8-9H2,1-4H3/t11-,14-/m1/s1. The molecular weight excluding hydrogens is 224 g/mol. The Kier molecular flexibility index (Phi) is 3.74. The maximum absolute atomic E-state index is 11.6. The van der Waals surface area contributed by atoms with Crippen molar-refractivity contribution in [1.29, 1.82) is 0 Å². The maximum Gasteiger partial charge on any atom is 0.312 e. The second kappa shape index (κ2) is 5.13. The van der Waals surface area contributed by atoms with Gasteiger partial charge in [0.25, 0.3) is 0 Å². The van der Waals surface area contributed by atoms with E-state index in [0.29, 0.717) is 0 Å². The fourth-order valence-electron chi connectivity index (χ4n) is 2.73. The Morgan fingerprint density at radius 3 is 2.50 bits per heavy atom. The van der Waals surface area contributed by atoms with Gasteiger partial charge in [-0.3, -0.25) is 4.79 Å². The van der Waals surface area contributed by atoms with Gasteiger partial charge in [0, 0.05) is 0 Å². The number of fused-ring (bicyclic) bond motifs is 1. The van der Waals surface area contributed by atoms with Crippen LogP contribution in [0.25, 0.3) is 0 Å². The van der Waals surface area contributed by atoms with Crippen LogP contribution in [-0.4, -0.2) is 13.1 Å². The van der Waals surface area contributed by atoms with Crippen LogP contribution in [0.1, 0.15) is 43.4 Å². The highest BCUT2D eigenvalue weighted by Crippen LogP contribution is 2.33. The third kappa shape index (κ3) is 2.43. The first-order valence-electron chi connectivity index (χ1n) is 6.72. The summed E-state index contributed by atoms with van der Waals surface area (Å²) in [6.45, 7) is 6.48. The first kappa shape index (κ1) is 13.1. The van der Waals surface area contributed by atoms with E-state index in [1.807, 2.05) is 6.92 Å². The van der Waals surface area contributed by atoms with Crippen molar-refractivity contribution in [2.75, 3.05) is 7.11 Å². The lowest BCUT2D eigenvalue weighted by Gasteiger charge is -2.12. The maximum atomic E-state index is 11.6. The van der Waals surface area contributed by atoms with E-state index in [1.165, 1.54) is 24.7 Å². The van der Waals surface area contributed by atoms with E-state index in [2.05, 4.69) is 32.0 Å². The number of methoxy groups -OCH3 is 1. The molecule has 2 atom stereocenters. The lowest BCUT2D eigenvalue weighted by atomic mass is 9.93. The zero-order valence-electron chi connectivity index (χ0n) is 11.7. The van der Waals surface area contributed by atoms with Gasteiger partial charge in [0.1, 0.15) is 0 Å². The largest absolute Gasteiger partial charge is 0.469 e. The van der Waals surface area contributed by atoms with E-state index in [1.54, 1.807) is 0 Å². The van der Waals surface area contributed by atoms with Crippen molar-refractivity contribution < 1.29 is 9.53 Å². The van der Waals surface area contributed by atoms with Crippen molar-refractivity contribution in [2.45, 2.75) is 39.5 Å². The Labute approximate surface area is 109 Å². The van der Waals surface area contributed by atoms with Crippen molar-refractivity contribution in [2.24, 2.45) is 11.8 Å². The van der Waals surface area contributed by atoms with Gasteiger partial charge in [0.15, 0.2) is 0 Å². The monoisotopic (exact) mass is 246 g/mol. The summed E-state index contributed by atoms with van der Waals surface area (Å²) in [4.78, 5) is 11.6. The molecule has 0 radical (unpaired) electrons. The van der Waals surface area contributed by atoms with Crippen LogP contribution < -0.4 is 0 Å². The van der Waals surface area contributed by atoms with Gasteiger partial charge in [-0.25, -0.2) is 0 Å². The molecule has 1 aliphatic rings. The van der Waals surface area contributed by atoms with Crippen molar-refractivity contribution in [3.63, 3.8) is 0 Å². The highest BCUT2D eigenvalue weighted by atomic mass is 16.5. The van der Waals surface area contributed by atoms with Gasteiger partial charge in [-0.2, -0.15) is 0 Å². The molecule has 2 heteroatoms. The van der Waals surface area contributed by atoms with Crippen LogP contribution in [0.15, 0.2) is 18.2 Å². The number of carbonyl (C=O) groups excluding carboxylic acids is 1. The highest BCUT2D eigenvalue weighted by molar-refractivity contribution is 5.77. The van der Waals surface area contributed by atoms with Crippen LogP contribution in [0.2, 0.25) is 0 Å². The van der Waals surface area contributed by atoms with E-state index in [0.717, 1.165) is 23.8 Å². The van der Waals surface area contributed by atoms with Gasteiger partial charge in [0.2, 0.25) is 0 Å². The first-order chi connectivity index (χ1) is 8.52. The fraction of sp³-hybridized carbons (Fsp3) is 0.562. The molecule has 0 saturated carbocycles. The van der Waals surface area contributed by atoms with Gasteiger partial charge in [0.05, 0.1) is 13.0 Å². The fourth-order valence-corrected chi connectivity index (χ4v) is 2.73. The number of hydrogen-bond donors (Lipinski definition) is 0. The van der Waals surface area contributed by atoms with Gasteiger partial charge in [-0.15, -0.1) is 0 Å². The lowest BCUT2D eigenvalue weighted by Crippen LogP contribution is -2.11. The predicted octanol–water partition coefficient (Wildman–Crippen LogP) is 3.33. The molecule has 0 unspecified atom stereocenters. The smallest absolute Gasteiger partial charge is 0.312 e. The summed E-state index contributed by atoms with van der Waals surface area (Å²) in [5, 5.41) is 0. The second-order valence-corrected chi connectivity index (χ2v) is 5.69. The zero-order valence-corrected chi connectivity index (χ0v) is 11.7. The summed E-state index contributed by atoms with van der Waals surface area (Å²) in [5.74, 6) is 1.15. The summed E-state index contributed by atoms with van der Waals surface area (Å²) in [6, 6.07) is 6.45. The SMILES string of the molecule is COC(=O)[C@H](C)c1ccc2c(c1)C[C@H](C(C)C)C2. The van der Waals surface area contributed by atoms with Crippen LogP contribution in [0.4, 0.5) is 0 Å². The molecule has 0 fully saturated rings. The first-order valence-corrected chi connectivity index (χ1v) is 6.72. The summed E-state index contributed by atoms with van der Waals surface area (Å²) in [6.07, 6.45) is 2.33. The minimum absolute atomic E-state index is 0.159. The van der Waals surface area contributed by atoms with Crippen LogP contribution in [0, 0.1) is 11.8 Å². The van der Waals surface area contributed by atoms with Crippen molar-refractivity contribution >= 4 is 5.97 Å². The molecule has 0 heterocycles. The molecule has 0 saturated heterocycles. The van der Waals surface area contributed by atoms with Crippen molar-refractivity contribution in [3.8, 4) is 0 Å². The number of ether oxygens (including phenoxy) is 1. The summed E-state index contributed by atoms with van der Waals surface area (Å²) in [5.41, 5.74) is 3.95. The lowest BCUT2D eigenvalue weighted by molar-refractivity contribution is -0.141. The van der Waals surface area contributed by atoms with E-state index in [4.69, 9.17) is 4.74 Å². The molecule has 0 aromatic heterocycles. The average Bonchev–Trinajstić information content (AvgIpc) is 2.79. The zero-order chi connectivity index (χ0) is 13.3. The van der Waals surface area contributed by atoms with Crippen LogP contribution in [-0.2, 0) is 22.4 Å². The number of hydrogen-bond acceptors (Lipinski definition) is 2. The van der Waals surface area contributed by atoms with Gasteiger partial charge >= 0.3 is 5.97 Å². The van der Waals surface area contributed by atoms with E-state index in [9.17, 15) is 4.79 Å². The van der Waals surface area contributed by atoms with Crippen LogP contribution in [0.3, 0.4) is 0 Å². The van der Waals surface area contributed by atoms with Gasteiger partial charge < -0.3 is 4.74 Å². The average molecular weight is 246 g/mol. The Balaban J connectivity index is 2.20. The topological polar surface area (TPSA) is 26.3 Å². The van der Waals surface area contributed by atoms with E-state index in [-0.39, 0.29) is 11.9 Å². The molecule has 2 rings (SSSR count). The molecule has 0 spiro atoms. The van der Waals surface area contributed by atoms with Gasteiger partial charge in [-0.05, 0) is 48.3 Å². The molecule has 0 amide bonds. The number of benzene rings is 1. The summed E-state index contributed by atoms with van der Waals surface area (Å²) < 4.78 is 4.81. The van der Waals surface area contributed by atoms with Crippen molar-refractivity contribution in [1.82, 2.24) is 0 Å². The number of carbonyl (C=O) groups is 1.